The van der Waals surface area contributed by atoms with Crippen molar-refractivity contribution in [1.82, 2.24) is 0 Å². The van der Waals surface area contributed by atoms with Crippen LogP contribution in [0.5, 0.6) is 0 Å². The van der Waals surface area contributed by atoms with E-state index in [1.165, 1.54) is 0 Å². The van der Waals surface area contributed by atoms with Crippen LogP contribution in [0.1, 0.15) is 12.8 Å². The number of carbonyl (C=O) groups is 2. The molecule has 0 radical (unpaired) electrons. The van der Waals surface area contributed by atoms with E-state index in [4.69, 9.17) is 0 Å². The Morgan fingerprint density at radius 3 is 2.05 bits per heavy atom. The first-order valence-electron chi connectivity index (χ1n) is 6.48. The minimum absolute atomic E-state index is 0.0850. The van der Waals surface area contributed by atoms with Crippen molar-refractivity contribution in [2.45, 2.75) is 12.8 Å². The smallest absolute Gasteiger partial charge is 0.330 e. The molecule has 10 heteroatoms. The van der Waals surface area contributed by atoms with E-state index < -0.39 is 42.9 Å². The zero-order valence-electron chi connectivity index (χ0n) is 12.1. The normalized spacial score (nSPS) is 11.6. The average Bonchev–Trinajstić information content (AvgIpc) is 2.45. The summed E-state index contributed by atoms with van der Waals surface area (Å²) in [7, 11) is -7.08. The first-order valence-corrected chi connectivity index (χ1v) is 10.1. The van der Waals surface area contributed by atoms with Gasteiger partial charge in [-0.25, -0.2) is 21.6 Å². The Kier molecular flexibility index (Phi) is 9.66. The van der Waals surface area contributed by atoms with Gasteiger partial charge in [-0.2, -0.15) is 0 Å². The maximum Gasteiger partial charge on any atom is 0.330 e. The van der Waals surface area contributed by atoms with Crippen LogP contribution in [0.3, 0.4) is 0 Å². The van der Waals surface area contributed by atoms with E-state index in [1.54, 1.807) is 0 Å². The quantitative estimate of drug-likeness (QED) is 0.187. The van der Waals surface area contributed by atoms with Gasteiger partial charge in [-0.15, -0.1) is 0 Å². The van der Waals surface area contributed by atoms with Crippen molar-refractivity contribution in [2.75, 3.05) is 36.2 Å². The third kappa shape index (κ3) is 11.3. The molecule has 0 fully saturated rings. The van der Waals surface area contributed by atoms with Gasteiger partial charge >= 0.3 is 5.97 Å². The van der Waals surface area contributed by atoms with Crippen molar-refractivity contribution >= 4 is 32.1 Å². The first kappa shape index (κ1) is 20.6. The summed E-state index contributed by atoms with van der Waals surface area (Å²) < 4.78 is 55.3. The number of esters is 1. The molecule has 0 spiro atoms. The molecule has 0 saturated heterocycles. The molecule has 0 aliphatic rings. The Morgan fingerprint density at radius 1 is 0.909 bits per heavy atom. The van der Waals surface area contributed by atoms with Crippen LogP contribution in [0.4, 0.5) is 0 Å². The fraction of sp³-hybridized carbons (Fsp3) is 0.667. The molecule has 0 heterocycles. The zero-order chi connectivity index (χ0) is 17.1. The highest BCUT2D eigenvalue weighted by molar-refractivity contribution is 7.95. The molecular weight excluding hydrogens is 336 g/mol. The summed E-state index contributed by atoms with van der Waals surface area (Å²) in [5.41, 5.74) is 0. The van der Waals surface area contributed by atoms with Crippen LogP contribution in [-0.4, -0.2) is 65.5 Å². The third-order valence-corrected chi connectivity index (χ3v) is 6.16. The molecule has 0 aromatic carbocycles. The SMILES string of the molecule is C=CC(=O)OCCCCS(=O)(=O)CCS(=O)(=O)CCOC=O. The van der Waals surface area contributed by atoms with Crippen LogP contribution in [0, 0.1) is 0 Å². The fourth-order valence-electron chi connectivity index (χ4n) is 1.34. The topological polar surface area (TPSA) is 121 Å². The summed E-state index contributed by atoms with van der Waals surface area (Å²) >= 11 is 0. The van der Waals surface area contributed by atoms with Gasteiger partial charge in [-0.3, -0.25) is 4.79 Å². The Morgan fingerprint density at radius 2 is 1.50 bits per heavy atom. The summed E-state index contributed by atoms with van der Waals surface area (Å²) in [5.74, 6) is -2.16. The van der Waals surface area contributed by atoms with Crippen molar-refractivity contribution in [1.29, 1.82) is 0 Å². The molecule has 0 N–H and O–H groups in total. The fourth-order valence-corrected chi connectivity index (χ4v) is 4.77. The number of sulfone groups is 2. The molecule has 0 aromatic heterocycles. The zero-order valence-corrected chi connectivity index (χ0v) is 13.7. The molecule has 22 heavy (non-hydrogen) atoms. The summed E-state index contributed by atoms with van der Waals surface area (Å²) in [6, 6.07) is 0. The Bertz CT molecular complexity index is 562. The van der Waals surface area contributed by atoms with Crippen molar-refractivity contribution in [3.8, 4) is 0 Å². The highest BCUT2D eigenvalue weighted by Gasteiger charge is 2.18. The standard InChI is InChI=1S/C12H20O8S2/c1-2-12(14)20-5-3-4-7-21(15,16)9-10-22(17,18)8-6-19-11-13/h2,11H,1,3-10H2. The number of unbranched alkanes of at least 4 members (excludes halogenated alkanes) is 1. The van der Waals surface area contributed by atoms with Crippen molar-refractivity contribution in [3.63, 3.8) is 0 Å². The molecule has 0 aliphatic heterocycles. The lowest BCUT2D eigenvalue weighted by atomic mass is 10.4. The van der Waals surface area contributed by atoms with E-state index in [1.807, 2.05) is 0 Å². The molecule has 128 valence electrons. The van der Waals surface area contributed by atoms with Crippen molar-refractivity contribution in [3.05, 3.63) is 12.7 Å². The van der Waals surface area contributed by atoms with E-state index in [2.05, 4.69) is 16.1 Å². The summed E-state index contributed by atoms with van der Waals surface area (Å²) in [5, 5.41) is 0. The highest BCUT2D eigenvalue weighted by atomic mass is 32.2. The Hall–Kier alpha value is -1.42. The van der Waals surface area contributed by atoms with Gasteiger partial charge in [-0.05, 0) is 12.8 Å². The van der Waals surface area contributed by atoms with Crippen LogP contribution >= 0.6 is 0 Å². The lowest BCUT2D eigenvalue weighted by Gasteiger charge is -2.06. The Labute approximate surface area is 130 Å². The van der Waals surface area contributed by atoms with Gasteiger partial charge < -0.3 is 9.47 Å². The largest absolute Gasteiger partial charge is 0.467 e. The van der Waals surface area contributed by atoms with E-state index in [0.717, 1.165) is 6.08 Å². The van der Waals surface area contributed by atoms with Gasteiger partial charge in [-0.1, -0.05) is 6.58 Å². The second-order valence-electron chi connectivity index (χ2n) is 4.35. The molecule has 0 unspecified atom stereocenters. The second kappa shape index (κ2) is 10.3. The predicted molar refractivity (Wildman–Crippen MR) is 79.7 cm³/mol. The van der Waals surface area contributed by atoms with E-state index >= 15 is 0 Å². The highest BCUT2D eigenvalue weighted by Crippen LogP contribution is 2.01. The Balaban J connectivity index is 4.01. The van der Waals surface area contributed by atoms with Crippen LogP contribution in [0.25, 0.3) is 0 Å². The van der Waals surface area contributed by atoms with Crippen LogP contribution in [0.15, 0.2) is 12.7 Å². The summed E-state index contributed by atoms with van der Waals surface area (Å²) in [6.07, 6.45) is 1.63. The van der Waals surface area contributed by atoms with Crippen molar-refractivity contribution in [2.24, 2.45) is 0 Å². The minimum atomic E-state index is -3.58. The molecule has 8 nitrogen and oxygen atoms in total. The average molecular weight is 356 g/mol. The molecule has 0 rings (SSSR count). The maximum atomic E-state index is 11.7. The van der Waals surface area contributed by atoms with Crippen LogP contribution in [-0.2, 0) is 38.7 Å². The maximum absolute atomic E-state index is 11.7. The van der Waals surface area contributed by atoms with E-state index in [9.17, 15) is 26.4 Å². The van der Waals surface area contributed by atoms with Crippen LogP contribution in [0.2, 0.25) is 0 Å². The molecule has 0 amide bonds. The van der Waals surface area contributed by atoms with Crippen LogP contribution < -0.4 is 0 Å². The number of rotatable bonds is 13. The van der Waals surface area contributed by atoms with Gasteiger partial charge in [0.1, 0.15) is 6.61 Å². The van der Waals surface area contributed by atoms with Gasteiger partial charge in [0.15, 0.2) is 19.7 Å². The number of ether oxygens (including phenoxy) is 2. The summed E-state index contributed by atoms with van der Waals surface area (Å²) in [4.78, 5) is 20.6. The molecule has 0 aliphatic carbocycles. The van der Waals surface area contributed by atoms with E-state index in [-0.39, 0.29) is 31.9 Å². The lowest BCUT2D eigenvalue weighted by Crippen LogP contribution is -2.23. The predicted octanol–water partition coefficient (Wildman–Crippen LogP) is -0.502. The molecule has 0 saturated carbocycles. The summed E-state index contributed by atoms with van der Waals surface area (Å²) in [6.45, 7) is 3.14. The van der Waals surface area contributed by atoms with Gasteiger partial charge in [0.05, 0.1) is 29.6 Å². The number of hydrogen-bond donors (Lipinski definition) is 0. The van der Waals surface area contributed by atoms with Gasteiger partial charge in [0, 0.05) is 6.08 Å². The number of hydrogen-bond acceptors (Lipinski definition) is 8. The van der Waals surface area contributed by atoms with E-state index in [0.29, 0.717) is 6.42 Å². The van der Waals surface area contributed by atoms with Gasteiger partial charge in [0.2, 0.25) is 0 Å². The molecular formula is C12H20O8S2. The molecule has 0 aromatic rings. The van der Waals surface area contributed by atoms with Crippen molar-refractivity contribution < 1.29 is 35.9 Å². The van der Waals surface area contributed by atoms with Gasteiger partial charge in [0.25, 0.3) is 6.47 Å². The molecule has 0 bridgehead atoms. The molecule has 0 atom stereocenters. The lowest BCUT2D eigenvalue weighted by molar-refractivity contribution is -0.137. The second-order valence-corrected chi connectivity index (χ2v) is 8.96. The monoisotopic (exact) mass is 356 g/mol. The first-order chi connectivity index (χ1) is 10.2. The number of carbonyl (C=O) groups excluding carboxylic acids is 2. The third-order valence-electron chi connectivity index (χ3n) is 2.55. The minimum Gasteiger partial charge on any atom is -0.467 e.